The maximum atomic E-state index is 13.2. The van der Waals surface area contributed by atoms with Gasteiger partial charge in [-0.2, -0.15) is 0 Å². The van der Waals surface area contributed by atoms with Gasteiger partial charge >= 0.3 is 0 Å². The highest BCUT2D eigenvalue weighted by atomic mass is 35.5. The molecular formula is C15H14Cl2FNO. The molecule has 0 aliphatic heterocycles. The van der Waals surface area contributed by atoms with Gasteiger partial charge in [0.15, 0.2) is 0 Å². The van der Waals surface area contributed by atoms with Crippen molar-refractivity contribution in [2.24, 2.45) is 0 Å². The van der Waals surface area contributed by atoms with E-state index in [1.165, 1.54) is 12.1 Å². The lowest BCUT2D eigenvalue weighted by molar-refractivity contribution is 0.191. The molecule has 0 radical (unpaired) electrons. The van der Waals surface area contributed by atoms with Gasteiger partial charge in [-0.25, -0.2) is 4.39 Å². The predicted molar refractivity (Wildman–Crippen MR) is 81.0 cm³/mol. The summed E-state index contributed by atoms with van der Waals surface area (Å²) in [7, 11) is 0. The minimum atomic E-state index is -0.830. The molecule has 106 valence electrons. The Hall–Kier alpha value is -1.29. The van der Waals surface area contributed by atoms with Crippen LogP contribution >= 0.6 is 23.2 Å². The van der Waals surface area contributed by atoms with Crippen molar-refractivity contribution >= 4 is 28.9 Å². The number of benzene rings is 2. The molecule has 0 bridgehead atoms. The average Bonchev–Trinajstić information content (AvgIpc) is 2.42. The molecule has 0 saturated heterocycles. The van der Waals surface area contributed by atoms with Gasteiger partial charge in [-0.1, -0.05) is 29.3 Å². The molecule has 0 aliphatic rings. The lowest BCUT2D eigenvalue weighted by Gasteiger charge is -2.16. The summed E-state index contributed by atoms with van der Waals surface area (Å²) >= 11 is 11.9. The van der Waals surface area contributed by atoms with Crippen LogP contribution < -0.4 is 5.32 Å². The Morgan fingerprint density at radius 2 is 1.95 bits per heavy atom. The molecule has 0 amide bonds. The van der Waals surface area contributed by atoms with Gasteiger partial charge in [-0.05, 0) is 42.8 Å². The molecule has 2 N–H and O–H groups in total. The maximum Gasteiger partial charge on any atom is 0.125 e. The smallest absolute Gasteiger partial charge is 0.125 e. The van der Waals surface area contributed by atoms with Gasteiger partial charge < -0.3 is 10.4 Å². The first kappa shape index (κ1) is 15.1. The molecule has 5 heteroatoms. The van der Waals surface area contributed by atoms with Crippen LogP contribution in [0.3, 0.4) is 0 Å². The number of aryl methyl sites for hydroxylation is 1. The highest BCUT2D eigenvalue weighted by Gasteiger charge is 2.12. The number of anilines is 1. The van der Waals surface area contributed by atoms with E-state index in [1.807, 2.05) is 6.92 Å². The molecule has 2 aromatic carbocycles. The predicted octanol–water partition coefficient (Wildman–Crippen LogP) is 4.59. The quantitative estimate of drug-likeness (QED) is 0.865. The molecular weight excluding hydrogens is 300 g/mol. The van der Waals surface area contributed by atoms with Crippen molar-refractivity contribution in [1.82, 2.24) is 0 Å². The zero-order valence-electron chi connectivity index (χ0n) is 10.8. The monoisotopic (exact) mass is 313 g/mol. The van der Waals surface area contributed by atoms with Crippen LogP contribution in [0.2, 0.25) is 10.0 Å². The average molecular weight is 314 g/mol. The zero-order chi connectivity index (χ0) is 14.7. The fraction of sp³-hybridized carbons (Fsp3) is 0.200. The van der Waals surface area contributed by atoms with Gasteiger partial charge in [0.1, 0.15) is 5.82 Å². The summed E-state index contributed by atoms with van der Waals surface area (Å²) in [5.74, 6) is -0.326. The van der Waals surface area contributed by atoms with Gasteiger partial charge in [0.25, 0.3) is 0 Å². The minimum absolute atomic E-state index is 0.213. The molecule has 1 atom stereocenters. The van der Waals surface area contributed by atoms with Gasteiger partial charge in [0.2, 0.25) is 0 Å². The Labute approximate surface area is 127 Å². The molecule has 2 rings (SSSR count). The largest absolute Gasteiger partial charge is 0.387 e. The van der Waals surface area contributed by atoms with Crippen molar-refractivity contribution < 1.29 is 9.50 Å². The molecule has 0 saturated carbocycles. The van der Waals surface area contributed by atoms with E-state index in [1.54, 1.807) is 24.3 Å². The fourth-order valence-electron chi connectivity index (χ4n) is 1.87. The summed E-state index contributed by atoms with van der Waals surface area (Å²) in [6.07, 6.45) is -0.830. The van der Waals surface area contributed by atoms with Crippen molar-refractivity contribution in [1.29, 1.82) is 0 Å². The number of aliphatic hydroxyl groups is 1. The molecule has 0 aliphatic carbocycles. The molecule has 0 spiro atoms. The van der Waals surface area contributed by atoms with Gasteiger partial charge in [0.05, 0.1) is 6.10 Å². The van der Waals surface area contributed by atoms with E-state index in [-0.39, 0.29) is 12.4 Å². The Morgan fingerprint density at radius 3 is 2.70 bits per heavy atom. The minimum Gasteiger partial charge on any atom is -0.387 e. The molecule has 2 nitrogen and oxygen atoms in total. The summed E-state index contributed by atoms with van der Waals surface area (Å²) in [4.78, 5) is 0. The number of aliphatic hydroxyl groups excluding tert-OH is 1. The van der Waals surface area contributed by atoms with Crippen molar-refractivity contribution in [2.45, 2.75) is 13.0 Å². The van der Waals surface area contributed by atoms with Crippen LogP contribution in [-0.4, -0.2) is 11.7 Å². The number of hydrogen-bond acceptors (Lipinski definition) is 2. The van der Waals surface area contributed by atoms with Crippen LogP contribution in [0.25, 0.3) is 0 Å². The summed E-state index contributed by atoms with van der Waals surface area (Å²) in [6, 6.07) is 9.37. The number of hydrogen-bond donors (Lipinski definition) is 2. The lowest BCUT2D eigenvalue weighted by Crippen LogP contribution is -2.13. The van der Waals surface area contributed by atoms with E-state index in [2.05, 4.69) is 5.32 Å². The van der Waals surface area contributed by atoms with Crippen LogP contribution in [0.4, 0.5) is 10.1 Å². The topological polar surface area (TPSA) is 32.3 Å². The molecule has 0 fully saturated rings. The SMILES string of the molecule is Cc1ccc(F)cc1NCC(O)c1cc(Cl)ccc1Cl. The van der Waals surface area contributed by atoms with E-state index in [9.17, 15) is 9.50 Å². The van der Waals surface area contributed by atoms with E-state index in [4.69, 9.17) is 23.2 Å². The maximum absolute atomic E-state index is 13.2. The fourth-order valence-corrected chi connectivity index (χ4v) is 2.30. The van der Waals surface area contributed by atoms with E-state index in [0.717, 1.165) is 5.56 Å². The number of rotatable bonds is 4. The van der Waals surface area contributed by atoms with Crippen molar-refractivity contribution in [2.75, 3.05) is 11.9 Å². The Morgan fingerprint density at radius 1 is 1.20 bits per heavy atom. The third kappa shape index (κ3) is 3.63. The molecule has 1 unspecified atom stereocenters. The summed E-state index contributed by atoms with van der Waals surface area (Å²) in [5, 5.41) is 14.1. The molecule has 0 aromatic heterocycles. The Balaban J connectivity index is 2.10. The van der Waals surface area contributed by atoms with Crippen molar-refractivity contribution in [3.63, 3.8) is 0 Å². The van der Waals surface area contributed by atoms with Gasteiger partial charge in [-0.3, -0.25) is 0 Å². The van der Waals surface area contributed by atoms with Gasteiger partial charge in [-0.15, -0.1) is 0 Å². The Kier molecular flexibility index (Phi) is 4.86. The standard InChI is InChI=1S/C15H14Cl2FNO/c1-9-2-4-11(18)7-14(9)19-8-15(20)12-6-10(16)3-5-13(12)17/h2-7,15,19-20H,8H2,1H3. The van der Waals surface area contributed by atoms with E-state index >= 15 is 0 Å². The lowest BCUT2D eigenvalue weighted by atomic mass is 10.1. The zero-order valence-corrected chi connectivity index (χ0v) is 12.3. The van der Waals surface area contributed by atoms with Crippen molar-refractivity contribution in [3.05, 3.63) is 63.4 Å². The van der Waals surface area contributed by atoms with Gasteiger partial charge in [0, 0.05) is 27.8 Å². The van der Waals surface area contributed by atoms with Crippen LogP contribution in [0, 0.1) is 12.7 Å². The van der Waals surface area contributed by atoms with E-state index in [0.29, 0.717) is 21.3 Å². The normalized spacial score (nSPS) is 12.2. The second-order valence-electron chi connectivity index (χ2n) is 4.52. The number of nitrogens with one attached hydrogen (secondary N) is 1. The summed E-state index contributed by atoms with van der Waals surface area (Å²) in [6.45, 7) is 2.07. The number of halogens is 3. The first-order valence-corrected chi connectivity index (χ1v) is 6.86. The highest BCUT2D eigenvalue weighted by molar-refractivity contribution is 6.33. The summed E-state index contributed by atoms with van der Waals surface area (Å²) < 4.78 is 13.2. The molecule has 20 heavy (non-hydrogen) atoms. The third-order valence-corrected chi connectivity index (χ3v) is 3.58. The highest BCUT2D eigenvalue weighted by Crippen LogP contribution is 2.27. The van der Waals surface area contributed by atoms with Crippen LogP contribution in [-0.2, 0) is 0 Å². The second-order valence-corrected chi connectivity index (χ2v) is 5.37. The van der Waals surface area contributed by atoms with Crippen LogP contribution in [0.15, 0.2) is 36.4 Å². The Bertz CT molecular complexity index is 619. The first-order chi connectivity index (χ1) is 9.47. The molecule has 2 aromatic rings. The first-order valence-electron chi connectivity index (χ1n) is 6.10. The second kappa shape index (κ2) is 6.44. The molecule has 0 heterocycles. The third-order valence-electron chi connectivity index (χ3n) is 3.00. The summed E-state index contributed by atoms with van der Waals surface area (Å²) in [5.41, 5.74) is 2.08. The van der Waals surface area contributed by atoms with Crippen LogP contribution in [0.5, 0.6) is 0 Å². The van der Waals surface area contributed by atoms with E-state index < -0.39 is 6.10 Å². The van der Waals surface area contributed by atoms with Crippen molar-refractivity contribution in [3.8, 4) is 0 Å². The van der Waals surface area contributed by atoms with Crippen LogP contribution in [0.1, 0.15) is 17.2 Å².